The van der Waals surface area contributed by atoms with E-state index in [0.29, 0.717) is 13.1 Å². The van der Waals surface area contributed by atoms with Crippen LogP contribution >= 0.6 is 0 Å². The molecule has 2 heterocycles. The van der Waals surface area contributed by atoms with Gasteiger partial charge in [-0.3, -0.25) is 4.79 Å². The third kappa shape index (κ3) is 5.25. The Kier molecular flexibility index (Phi) is 6.90. The zero-order valence-electron chi connectivity index (χ0n) is 20.8. The molecule has 4 aromatic rings. The fraction of sp³-hybridized carbons (Fsp3) is 0.276. The lowest BCUT2D eigenvalue weighted by molar-refractivity contribution is -0.928. The molecule has 1 saturated heterocycles. The van der Waals surface area contributed by atoms with Gasteiger partial charge in [0.15, 0.2) is 5.58 Å². The number of quaternary nitrogens is 1. The van der Waals surface area contributed by atoms with Crippen molar-refractivity contribution < 1.29 is 37.1 Å². The van der Waals surface area contributed by atoms with Gasteiger partial charge < -0.3 is 23.9 Å². The van der Waals surface area contributed by atoms with Gasteiger partial charge in [0.1, 0.15) is 43.3 Å². The number of hydrogen-bond acceptors (Lipinski definition) is 5. The van der Waals surface area contributed by atoms with Gasteiger partial charge in [0, 0.05) is 0 Å². The Balaban J connectivity index is 1.55. The number of morpholine rings is 1. The average molecular weight is 527 g/mol. The van der Waals surface area contributed by atoms with Crippen LogP contribution < -0.4 is 15.1 Å². The van der Waals surface area contributed by atoms with Crippen molar-refractivity contribution in [2.45, 2.75) is 38.8 Å². The van der Waals surface area contributed by atoms with E-state index in [1.54, 1.807) is 12.1 Å². The van der Waals surface area contributed by atoms with Crippen LogP contribution in [0.15, 0.2) is 75.9 Å². The van der Waals surface area contributed by atoms with E-state index in [-0.39, 0.29) is 46.8 Å². The fourth-order valence-electron chi connectivity index (χ4n) is 4.98. The molecule has 2 N–H and O–H groups in total. The first-order chi connectivity index (χ1) is 18.1. The number of aromatic hydroxyl groups is 1. The molecule has 0 saturated carbocycles. The fourth-order valence-corrected chi connectivity index (χ4v) is 4.98. The summed E-state index contributed by atoms with van der Waals surface area (Å²) in [6, 6.07) is 18.4. The zero-order chi connectivity index (χ0) is 27.0. The Bertz CT molecular complexity index is 1490. The molecule has 198 valence electrons. The SMILES string of the molecule is C[C@H]1C[NH+](Cc2c(O)ccc3c(=O)c(Oc4ccc(-c5ccccc5)cc4)c(C(F)(F)F)oc23)C[C@H](C)O1. The third-order valence-electron chi connectivity index (χ3n) is 6.58. The number of phenolic OH excluding ortho intramolecular Hbond substituents is 1. The maximum Gasteiger partial charge on any atom is 0.453 e. The Morgan fingerprint density at radius 2 is 1.58 bits per heavy atom. The first-order valence-corrected chi connectivity index (χ1v) is 12.3. The van der Waals surface area contributed by atoms with Gasteiger partial charge >= 0.3 is 6.18 Å². The Labute approximate surface area is 216 Å². The maximum atomic E-state index is 14.1. The van der Waals surface area contributed by atoms with E-state index in [4.69, 9.17) is 13.9 Å². The van der Waals surface area contributed by atoms with Crippen molar-refractivity contribution >= 4 is 11.0 Å². The number of hydrogen-bond donors (Lipinski definition) is 2. The van der Waals surface area contributed by atoms with E-state index in [2.05, 4.69) is 0 Å². The summed E-state index contributed by atoms with van der Waals surface area (Å²) in [6.07, 6.45) is -5.13. The molecule has 9 heteroatoms. The van der Waals surface area contributed by atoms with Crippen LogP contribution in [0.5, 0.6) is 17.2 Å². The standard InChI is InChI=1S/C29H26F3NO5/c1-17-14-33(15-18(2)36-17)16-23-24(34)13-12-22-25(35)27(28(29(30,31)32)38-26(22)23)37-21-10-8-20(9-11-21)19-6-4-3-5-7-19/h3-13,17-18,34H,14-16H2,1-2H3/p+1/t17-,18-/m0/s1. The van der Waals surface area contributed by atoms with Crippen LogP contribution in [-0.4, -0.2) is 30.4 Å². The summed E-state index contributed by atoms with van der Waals surface area (Å²) in [7, 11) is 0. The highest BCUT2D eigenvalue weighted by atomic mass is 19.4. The number of benzene rings is 3. The summed E-state index contributed by atoms with van der Waals surface area (Å²) in [6.45, 7) is 5.18. The summed E-state index contributed by atoms with van der Waals surface area (Å²) in [5, 5.41) is 10.5. The second kappa shape index (κ2) is 10.2. The highest BCUT2D eigenvalue weighted by molar-refractivity contribution is 5.83. The predicted molar refractivity (Wildman–Crippen MR) is 136 cm³/mol. The predicted octanol–water partition coefficient (Wildman–Crippen LogP) is 5.17. The second-order valence-electron chi connectivity index (χ2n) is 9.61. The van der Waals surface area contributed by atoms with Gasteiger partial charge in [-0.1, -0.05) is 42.5 Å². The number of alkyl halides is 3. The molecule has 0 radical (unpaired) electrons. The van der Waals surface area contributed by atoms with Gasteiger partial charge in [0.25, 0.3) is 5.76 Å². The molecule has 5 rings (SSSR count). The minimum atomic E-state index is -5.01. The number of fused-ring (bicyclic) bond motifs is 1. The van der Waals surface area contributed by atoms with Crippen molar-refractivity contribution in [1.82, 2.24) is 0 Å². The van der Waals surface area contributed by atoms with Crippen molar-refractivity contribution in [3.63, 3.8) is 0 Å². The molecule has 1 fully saturated rings. The Hall–Kier alpha value is -3.82. The Morgan fingerprint density at radius 1 is 0.947 bits per heavy atom. The molecule has 0 aliphatic carbocycles. The molecule has 1 aliphatic heterocycles. The number of nitrogens with one attached hydrogen (secondary N) is 1. The van der Waals surface area contributed by atoms with E-state index >= 15 is 0 Å². The molecule has 0 unspecified atom stereocenters. The quantitative estimate of drug-likeness (QED) is 0.376. The van der Waals surface area contributed by atoms with Crippen LogP contribution in [0.1, 0.15) is 25.2 Å². The summed E-state index contributed by atoms with van der Waals surface area (Å²) in [5.74, 6) is -2.68. The molecule has 0 amide bonds. The molecule has 6 nitrogen and oxygen atoms in total. The zero-order valence-corrected chi connectivity index (χ0v) is 20.8. The molecule has 3 aromatic carbocycles. The largest absolute Gasteiger partial charge is 0.507 e. The van der Waals surface area contributed by atoms with Gasteiger partial charge in [-0.2, -0.15) is 13.2 Å². The first kappa shape index (κ1) is 25.8. The van der Waals surface area contributed by atoms with Gasteiger partial charge in [0.2, 0.25) is 11.2 Å². The van der Waals surface area contributed by atoms with Crippen LogP contribution in [0.2, 0.25) is 0 Å². The smallest absolute Gasteiger partial charge is 0.453 e. The highest BCUT2D eigenvalue weighted by Crippen LogP contribution is 2.40. The summed E-state index contributed by atoms with van der Waals surface area (Å²) in [5.41, 5.74) is 0.645. The van der Waals surface area contributed by atoms with Crippen molar-refractivity contribution in [1.29, 1.82) is 0 Å². The van der Waals surface area contributed by atoms with Gasteiger partial charge in [-0.25, -0.2) is 0 Å². The number of rotatable bonds is 5. The summed E-state index contributed by atoms with van der Waals surface area (Å²) < 4.78 is 59.0. The molecule has 1 aromatic heterocycles. The number of ether oxygens (including phenoxy) is 2. The van der Waals surface area contributed by atoms with Crippen molar-refractivity contribution in [2.75, 3.05) is 13.1 Å². The molecule has 2 atom stereocenters. The van der Waals surface area contributed by atoms with E-state index in [1.165, 1.54) is 24.3 Å². The van der Waals surface area contributed by atoms with Gasteiger partial charge in [-0.05, 0) is 49.2 Å². The molecule has 1 aliphatic rings. The van der Waals surface area contributed by atoms with Crippen LogP contribution in [0.25, 0.3) is 22.1 Å². The first-order valence-electron chi connectivity index (χ1n) is 12.3. The van der Waals surface area contributed by atoms with Crippen molar-refractivity contribution in [3.8, 4) is 28.4 Å². The minimum Gasteiger partial charge on any atom is -0.507 e. The lowest BCUT2D eigenvalue weighted by Gasteiger charge is -2.32. The summed E-state index contributed by atoms with van der Waals surface area (Å²) >= 11 is 0. The molecule has 0 bridgehead atoms. The minimum absolute atomic E-state index is 0.0570. The number of halogens is 3. The molecular formula is C29H27F3NO5+. The Morgan fingerprint density at radius 3 is 2.21 bits per heavy atom. The third-order valence-corrected chi connectivity index (χ3v) is 6.58. The normalized spacial score (nSPS) is 20.0. The monoisotopic (exact) mass is 526 g/mol. The van der Waals surface area contributed by atoms with Crippen molar-refractivity contribution in [2.24, 2.45) is 0 Å². The van der Waals surface area contributed by atoms with E-state index in [1.807, 2.05) is 44.2 Å². The van der Waals surface area contributed by atoms with Crippen LogP contribution in [0.3, 0.4) is 0 Å². The average Bonchev–Trinajstić information content (AvgIpc) is 2.87. The summed E-state index contributed by atoms with van der Waals surface area (Å²) in [4.78, 5) is 14.3. The van der Waals surface area contributed by atoms with Crippen LogP contribution in [0.4, 0.5) is 13.2 Å². The van der Waals surface area contributed by atoms with Gasteiger partial charge in [0.05, 0.1) is 10.9 Å². The van der Waals surface area contributed by atoms with Crippen LogP contribution in [0, 0.1) is 0 Å². The van der Waals surface area contributed by atoms with Gasteiger partial charge in [-0.15, -0.1) is 0 Å². The topological polar surface area (TPSA) is 73.3 Å². The lowest BCUT2D eigenvalue weighted by Crippen LogP contribution is -3.14. The molecular weight excluding hydrogens is 499 g/mol. The van der Waals surface area contributed by atoms with Crippen LogP contribution in [-0.2, 0) is 17.5 Å². The second-order valence-corrected chi connectivity index (χ2v) is 9.61. The lowest BCUT2D eigenvalue weighted by atomic mass is 10.1. The molecule has 38 heavy (non-hydrogen) atoms. The van der Waals surface area contributed by atoms with E-state index in [9.17, 15) is 23.1 Å². The van der Waals surface area contributed by atoms with E-state index < -0.39 is 23.1 Å². The number of phenols is 1. The maximum absolute atomic E-state index is 14.1. The molecule has 0 spiro atoms. The van der Waals surface area contributed by atoms with Crippen molar-refractivity contribution in [3.05, 3.63) is 88.3 Å². The van der Waals surface area contributed by atoms with E-state index in [0.717, 1.165) is 16.0 Å². The highest BCUT2D eigenvalue weighted by Gasteiger charge is 2.41.